The van der Waals surface area contributed by atoms with Crippen LogP contribution in [0.15, 0.2) is 73.2 Å². The first kappa shape index (κ1) is 19.1. The summed E-state index contributed by atoms with van der Waals surface area (Å²) >= 11 is 0. The Morgan fingerprint density at radius 1 is 0.593 bits per heavy atom. The molecule has 5 nitrogen and oxygen atoms in total. The van der Waals surface area contributed by atoms with Crippen molar-refractivity contribution < 1.29 is 0 Å². The van der Waals surface area contributed by atoms with Crippen LogP contribution in [0.5, 0.6) is 0 Å². The topological polar surface area (TPSA) is 45.2 Å². The second kappa shape index (κ2) is 10.5. The number of hydrogen-bond donors (Lipinski definition) is 0. The predicted octanol–water partition coefficient (Wildman–Crippen LogP) is 3.40. The standard InChI is InChI=1S/C22H27N5/c1-2-26(17-20-9-3-6-12-23-20)15-16-27(18-21-10-4-7-13-24-21)19-22-11-5-8-14-25-22/h3-14H,2,15-19H2,1H3. The zero-order valence-corrected chi connectivity index (χ0v) is 15.9. The molecular formula is C22H27N5. The summed E-state index contributed by atoms with van der Waals surface area (Å²) in [5.41, 5.74) is 3.28. The number of rotatable bonds is 10. The van der Waals surface area contributed by atoms with Crippen molar-refractivity contribution in [3.63, 3.8) is 0 Å². The zero-order valence-electron chi connectivity index (χ0n) is 15.9. The van der Waals surface area contributed by atoms with Crippen molar-refractivity contribution in [2.75, 3.05) is 19.6 Å². The van der Waals surface area contributed by atoms with Crippen LogP contribution in [0.25, 0.3) is 0 Å². The second-order valence-electron chi connectivity index (χ2n) is 6.54. The molecule has 5 heteroatoms. The molecule has 0 amide bonds. The normalized spacial score (nSPS) is 11.2. The van der Waals surface area contributed by atoms with Gasteiger partial charge in [-0.3, -0.25) is 24.8 Å². The van der Waals surface area contributed by atoms with E-state index in [1.54, 1.807) is 0 Å². The number of pyridine rings is 3. The molecule has 140 valence electrons. The Morgan fingerprint density at radius 2 is 1.00 bits per heavy atom. The third kappa shape index (κ3) is 6.55. The molecule has 0 spiro atoms. The molecule has 0 fully saturated rings. The van der Waals surface area contributed by atoms with Crippen molar-refractivity contribution in [1.82, 2.24) is 24.8 Å². The maximum Gasteiger partial charge on any atom is 0.0544 e. The second-order valence-corrected chi connectivity index (χ2v) is 6.54. The molecule has 3 heterocycles. The zero-order chi connectivity index (χ0) is 18.7. The lowest BCUT2D eigenvalue weighted by Gasteiger charge is -2.26. The van der Waals surface area contributed by atoms with Crippen LogP contribution in [0, 0.1) is 0 Å². The molecule has 27 heavy (non-hydrogen) atoms. The molecule has 0 unspecified atom stereocenters. The van der Waals surface area contributed by atoms with E-state index in [0.717, 1.165) is 56.4 Å². The Balaban J connectivity index is 1.62. The monoisotopic (exact) mass is 361 g/mol. The summed E-state index contributed by atoms with van der Waals surface area (Å²) in [4.78, 5) is 18.3. The van der Waals surface area contributed by atoms with Crippen LogP contribution in [0.1, 0.15) is 24.0 Å². The number of aromatic nitrogens is 3. The van der Waals surface area contributed by atoms with Crippen LogP contribution in [0.4, 0.5) is 0 Å². The third-order valence-electron chi connectivity index (χ3n) is 4.51. The molecule has 0 atom stereocenters. The summed E-state index contributed by atoms with van der Waals surface area (Å²) in [5, 5.41) is 0. The molecule has 0 N–H and O–H groups in total. The molecule has 0 bridgehead atoms. The Morgan fingerprint density at radius 3 is 1.37 bits per heavy atom. The van der Waals surface area contributed by atoms with Crippen LogP contribution in [-0.2, 0) is 19.6 Å². The van der Waals surface area contributed by atoms with Crippen molar-refractivity contribution in [3.8, 4) is 0 Å². The summed E-state index contributed by atoms with van der Waals surface area (Å²) in [5.74, 6) is 0. The van der Waals surface area contributed by atoms with Crippen LogP contribution >= 0.6 is 0 Å². The molecule has 0 aliphatic rings. The molecule has 0 radical (unpaired) electrons. The molecule has 3 rings (SSSR count). The highest BCUT2D eigenvalue weighted by Crippen LogP contribution is 2.08. The van der Waals surface area contributed by atoms with Gasteiger partial charge in [0, 0.05) is 51.3 Å². The lowest BCUT2D eigenvalue weighted by atomic mass is 10.2. The van der Waals surface area contributed by atoms with E-state index in [4.69, 9.17) is 0 Å². The first-order valence-corrected chi connectivity index (χ1v) is 9.48. The van der Waals surface area contributed by atoms with Gasteiger partial charge in [0.25, 0.3) is 0 Å². The molecular weight excluding hydrogens is 334 g/mol. The highest BCUT2D eigenvalue weighted by molar-refractivity contribution is 5.06. The van der Waals surface area contributed by atoms with Crippen LogP contribution in [-0.4, -0.2) is 44.4 Å². The minimum Gasteiger partial charge on any atom is -0.297 e. The van der Waals surface area contributed by atoms with Crippen molar-refractivity contribution >= 4 is 0 Å². The molecule has 0 aliphatic carbocycles. The van der Waals surface area contributed by atoms with Gasteiger partial charge in [-0.05, 0) is 42.9 Å². The third-order valence-corrected chi connectivity index (χ3v) is 4.51. The fourth-order valence-corrected chi connectivity index (χ4v) is 3.01. The average molecular weight is 361 g/mol. The number of nitrogens with zero attached hydrogens (tertiary/aromatic N) is 5. The van der Waals surface area contributed by atoms with Gasteiger partial charge in [0.2, 0.25) is 0 Å². The minimum atomic E-state index is 0.818. The fraction of sp³-hybridized carbons (Fsp3) is 0.318. The van der Waals surface area contributed by atoms with E-state index in [1.165, 1.54) is 0 Å². The summed E-state index contributed by atoms with van der Waals surface area (Å²) in [6, 6.07) is 18.2. The van der Waals surface area contributed by atoms with Gasteiger partial charge in [-0.25, -0.2) is 0 Å². The smallest absolute Gasteiger partial charge is 0.0544 e. The van der Waals surface area contributed by atoms with Gasteiger partial charge < -0.3 is 0 Å². The lowest BCUT2D eigenvalue weighted by Crippen LogP contribution is -2.35. The summed E-state index contributed by atoms with van der Waals surface area (Å²) in [7, 11) is 0. The maximum absolute atomic E-state index is 4.49. The van der Waals surface area contributed by atoms with Gasteiger partial charge >= 0.3 is 0 Å². The van der Waals surface area contributed by atoms with Gasteiger partial charge in [-0.15, -0.1) is 0 Å². The SMILES string of the molecule is CCN(CCN(Cc1ccccn1)Cc1ccccn1)Cc1ccccn1. The maximum atomic E-state index is 4.49. The quantitative estimate of drug-likeness (QED) is 0.554. The van der Waals surface area contributed by atoms with Crippen LogP contribution in [0.2, 0.25) is 0 Å². The van der Waals surface area contributed by atoms with Crippen LogP contribution < -0.4 is 0 Å². The Hall–Kier alpha value is -2.63. The first-order valence-electron chi connectivity index (χ1n) is 9.48. The van der Waals surface area contributed by atoms with E-state index >= 15 is 0 Å². The average Bonchev–Trinajstić information content (AvgIpc) is 2.73. The van der Waals surface area contributed by atoms with E-state index in [1.807, 2.05) is 55.0 Å². The molecule has 0 aromatic carbocycles. The minimum absolute atomic E-state index is 0.818. The Labute approximate surface area is 161 Å². The lowest BCUT2D eigenvalue weighted by molar-refractivity contribution is 0.189. The van der Waals surface area contributed by atoms with Crippen molar-refractivity contribution in [2.24, 2.45) is 0 Å². The Bertz CT molecular complexity index is 723. The fourth-order valence-electron chi connectivity index (χ4n) is 3.01. The van der Waals surface area contributed by atoms with Gasteiger partial charge in [-0.2, -0.15) is 0 Å². The molecule has 0 saturated heterocycles. The summed E-state index contributed by atoms with van der Waals surface area (Å²) in [6.45, 7) is 7.64. The van der Waals surface area contributed by atoms with Crippen molar-refractivity contribution in [2.45, 2.75) is 26.6 Å². The van der Waals surface area contributed by atoms with E-state index in [0.29, 0.717) is 0 Å². The largest absolute Gasteiger partial charge is 0.297 e. The van der Waals surface area contributed by atoms with Crippen LogP contribution in [0.3, 0.4) is 0 Å². The Kier molecular flexibility index (Phi) is 7.45. The molecule has 0 aliphatic heterocycles. The molecule has 3 aromatic heterocycles. The highest BCUT2D eigenvalue weighted by atomic mass is 15.2. The molecule has 0 saturated carbocycles. The number of likely N-dealkylation sites (N-methyl/N-ethyl adjacent to an activating group) is 1. The highest BCUT2D eigenvalue weighted by Gasteiger charge is 2.12. The van der Waals surface area contributed by atoms with E-state index in [-0.39, 0.29) is 0 Å². The van der Waals surface area contributed by atoms with Gasteiger partial charge in [0.15, 0.2) is 0 Å². The predicted molar refractivity (Wildman–Crippen MR) is 108 cm³/mol. The number of hydrogen-bond acceptors (Lipinski definition) is 5. The van der Waals surface area contributed by atoms with Crippen molar-refractivity contribution in [1.29, 1.82) is 0 Å². The summed E-state index contributed by atoms with van der Waals surface area (Å²) < 4.78 is 0. The van der Waals surface area contributed by atoms with Gasteiger partial charge in [0.1, 0.15) is 0 Å². The first-order chi connectivity index (χ1) is 13.3. The summed E-state index contributed by atoms with van der Waals surface area (Å²) in [6.07, 6.45) is 5.57. The van der Waals surface area contributed by atoms with Crippen molar-refractivity contribution in [3.05, 3.63) is 90.3 Å². The molecule has 3 aromatic rings. The van der Waals surface area contributed by atoms with Gasteiger partial charge in [-0.1, -0.05) is 25.1 Å². The van der Waals surface area contributed by atoms with E-state index in [2.05, 4.69) is 49.9 Å². The van der Waals surface area contributed by atoms with E-state index < -0.39 is 0 Å². The van der Waals surface area contributed by atoms with E-state index in [9.17, 15) is 0 Å². The van der Waals surface area contributed by atoms with Gasteiger partial charge in [0.05, 0.1) is 17.1 Å².